The highest BCUT2D eigenvalue weighted by molar-refractivity contribution is 5.79. The van der Waals surface area contributed by atoms with Crippen molar-refractivity contribution in [1.29, 1.82) is 0 Å². The van der Waals surface area contributed by atoms with Crippen LogP contribution in [0.5, 0.6) is 5.75 Å². The fourth-order valence-corrected chi connectivity index (χ4v) is 6.15. The van der Waals surface area contributed by atoms with Gasteiger partial charge in [-0.15, -0.1) is 0 Å². The summed E-state index contributed by atoms with van der Waals surface area (Å²) in [5.41, 5.74) is 1.15. The first kappa shape index (κ1) is 20.6. The SMILES string of the molecule is COc1cccc(N2CCN(C(=O)CN3CC4CC(C3)[C@H]3CCCC(=O)N3C4)CC2)c1. The third-order valence-electron chi connectivity index (χ3n) is 7.67. The van der Waals surface area contributed by atoms with E-state index in [1.54, 1.807) is 7.11 Å². The first-order chi connectivity index (χ1) is 15.1. The van der Waals surface area contributed by atoms with Crippen molar-refractivity contribution in [2.45, 2.75) is 31.7 Å². The second kappa shape index (κ2) is 8.69. The number of rotatable bonds is 4. The van der Waals surface area contributed by atoms with Crippen LogP contribution >= 0.6 is 0 Å². The van der Waals surface area contributed by atoms with Crippen LogP contribution in [0.3, 0.4) is 0 Å². The van der Waals surface area contributed by atoms with Crippen molar-refractivity contribution in [3.05, 3.63) is 24.3 Å². The normalized spacial score (nSPS) is 29.0. The van der Waals surface area contributed by atoms with Gasteiger partial charge in [-0.2, -0.15) is 0 Å². The number of methoxy groups -OCH3 is 1. The Balaban J connectivity index is 1.14. The summed E-state index contributed by atoms with van der Waals surface area (Å²) < 4.78 is 5.34. The van der Waals surface area contributed by atoms with Crippen LogP contribution in [0, 0.1) is 11.8 Å². The summed E-state index contributed by atoms with van der Waals surface area (Å²) in [5.74, 6) is 2.53. The fraction of sp³-hybridized carbons (Fsp3) is 0.667. The maximum atomic E-state index is 13.0. The summed E-state index contributed by atoms with van der Waals surface area (Å²) >= 11 is 0. The maximum Gasteiger partial charge on any atom is 0.236 e. The average molecular weight is 427 g/mol. The molecule has 3 atom stereocenters. The van der Waals surface area contributed by atoms with Crippen LogP contribution in [0.4, 0.5) is 5.69 Å². The van der Waals surface area contributed by atoms with Gasteiger partial charge in [0.25, 0.3) is 0 Å². The highest BCUT2D eigenvalue weighted by Crippen LogP contribution is 2.37. The highest BCUT2D eigenvalue weighted by Gasteiger charge is 2.44. The van der Waals surface area contributed by atoms with Gasteiger partial charge in [0, 0.05) is 70.0 Å². The molecule has 4 fully saturated rings. The number of fused-ring (bicyclic) bond motifs is 4. The Kier molecular flexibility index (Phi) is 5.78. The largest absolute Gasteiger partial charge is 0.497 e. The quantitative estimate of drug-likeness (QED) is 0.733. The van der Waals surface area contributed by atoms with E-state index in [1.165, 1.54) is 6.42 Å². The summed E-state index contributed by atoms with van der Waals surface area (Å²) in [6, 6.07) is 8.54. The number of anilines is 1. The molecule has 31 heavy (non-hydrogen) atoms. The molecule has 4 aliphatic heterocycles. The number of ether oxygens (including phenoxy) is 1. The van der Waals surface area contributed by atoms with E-state index in [1.807, 2.05) is 17.0 Å². The van der Waals surface area contributed by atoms with E-state index in [9.17, 15) is 9.59 Å². The van der Waals surface area contributed by atoms with Crippen LogP contribution in [-0.2, 0) is 9.59 Å². The van der Waals surface area contributed by atoms with Crippen molar-refractivity contribution in [2.75, 3.05) is 64.4 Å². The standard InChI is InChI=1S/C24H34N4O3/c1-31-21-5-2-4-20(13-21)26-8-10-27(11-9-26)24(30)17-25-14-18-12-19(16-25)22-6-3-7-23(29)28(22)15-18/h2,4-5,13,18-19,22H,3,6-12,14-17H2,1H3/t18?,19?,22-/m1/s1. The molecular formula is C24H34N4O3. The molecule has 4 saturated heterocycles. The zero-order valence-corrected chi connectivity index (χ0v) is 18.5. The molecule has 7 heteroatoms. The van der Waals surface area contributed by atoms with E-state index in [-0.39, 0.29) is 5.91 Å². The molecule has 168 valence electrons. The van der Waals surface area contributed by atoms with E-state index in [2.05, 4.69) is 26.8 Å². The van der Waals surface area contributed by atoms with Gasteiger partial charge in [0.15, 0.2) is 0 Å². The lowest BCUT2D eigenvalue weighted by Gasteiger charge is -2.52. The van der Waals surface area contributed by atoms with Crippen molar-refractivity contribution in [3.8, 4) is 5.75 Å². The second-order valence-electron chi connectivity index (χ2n) is 9.63. The van der Waals surface area contributed by atoms with Gasteiger partial charge in [-0.1, -0.05) is 6.07 Å². The summed E-state index contributed by atoms with van der Waals surface area (Å²) in [5, 5.41) is 0. The van der Waals surface area contributed by atoms with Crippen LogP contribution in [0.25, 0.3) is 0 Å². The molecule has 7 nitrogen and oxygen atoms in total. The third kappa shape index (κ3) is 4.25. The number of carbonyl (C=O) groups is 2. The lowest BCUT2D eigenvalue weighted by Crippen LogP contribution is -2.61. The van der Waals surface area contributed by atoms with Crippen molar-refractivity contribution >= 4 is 17.5 Å². The van der Waals surface area contributed by atoms with E-state index >= 15 is 0 Å². The number of likely N-dealkylation sites (tertiary alicyclic amines) is 1. The van der Waals surface area contributed by atoms with Gasteiger partial charge in [0.05, 0.1) is 13.7 Å². The molecule has 4 aliphatic rings. The van der Waals surface area contributed by atoms with Gasteiger partial charge in [-0.3, -0.25) is 14.5 Å². The number of amides is 2. The Morgan fingerprint density at radius 1 is 1.13 bits per heavy atom. The lowest BCUT2D eigenvalue weighted by molar-refractivity contribution is -0.146. The first-order valence-electron chi connectivity index (χ1n) is 11.8. The third-order valence-corrected chi connectivity index (χ3v) is 7.67. The molecule has 0 spiro atoms. The smallest absolute Gasteiger partial charge is 0.236 e. The van der Waals surface area contributed by atoms with Gasteiger partial charge >= 0.3 is 0 Å². The lowest BCUT2D eigenvalue weighted by atomic mass is 9.76. The van der Waals surface area contributed by atoms with Crippen LogP contribution in [0.15, 0.2) is 24.3 Å². The number of piperazine rings is 1. The maximum absolute atomic E-state index is 13.0. The summed E-state index contributed by atoms with van der Waals surface area (Å²) in [6.45, 7) is 6.55. The Bertz CT molecular complexity index is 823. The van der Waals surface area contributed by atoms with Gasteiger partial charge in [-0.05, 0) is 43.2 Å². The molecule has 2 unspecified atom stereocenters. The molecule has 1 aromatic rings. The average Bonchev–Trinajstić information content (AvgIpc) is 2.80. The number of piperidine rings is 3. The van der Waals surface area contributed by atoms with Gasteiger partial charge in [-0.25, -0.2) is 0 Å². The molecule has 2 bridgehead atoms. The minimum atomic E-state index is 0.252. The summed E-state index contributed by atoms with van der Waals surface area (Å²) in [4.78, 5) is 34.3. The molecule has 2 amide bonds. The number of nitrogens with zero attached hydrogens (tertiary/aromatic N) is 4. The molecule has 0 N–H and O–H groups in total. The molecule has 0 aliphatic carbocycles. The predicted octanol–water partition coefficient (Wildman–Crippen LogP) is 1.68. The second-order valence-corrected chi connectivity index (χ2v) is 9.63. The van der Waals surface area contributed by atoms with Crippen LogP contribution in [0.1, 0.15) is 25.7 Å². The molecule has 1 aromatic carbocycles. The Morgan fingerprint density at radius 3 is 2.77 bits per heavy atom. The molecule has 0 saturated carbocycles. The highest BCUT2D eigenvalue weighted by atomic mass is 16.5. The van der Waals surface area contributed by atoms with Crippen molar-refractivity contribution in [2.24, 2.45) is 11.8 Å². The summed E-state index contributed by atoms with van der Waals surface area (Å²) in [7, 11) is 1.69. The van der Waals surface area contributed by atoms with Gasteiger partial charge in [0.1, 0.15) is 5.75 Å². The molecule has 4 heterocycles. The number of hydrogen-bond acceptors (Lipinski definition) is 5. The molecular weight excluding hydrogens is 392 g/mol. The molecule has 5 rings (SSSR count). The molecule has 0 radical (unpaired) electrons. The number of benzene rings is 1. The first-order valence-corrected chi connectivity index (χ1v) is 11.8. The topological polar surface area (TPSA) is 56.3 Å². The van der Waals surface area contributed by atoms with Crippen LogP contribution < -0.4 is 9.64 Å². The van der Waals surface area contributed by atoms with E-state index in [4.69, 9.17) is 4.74 Å². The van der Waals surface area contributed by atoms with Gasteiger partial charge in [0.2, 0.25) is 11.8 Å². The van der Waals surface area contributed by atoms with Crippen molar-refractivity contribution in [3.63, 3.8) is 0 Å². The van der Waals surface area contributed by atoms with Crippen molar-refractivity contribution in [1.82, 2.24) is 14.7 Å². The zero-order valence-electron chi connectivity index (χ0n) is 18.5. The van der Waals surface area contributed by atoms with Crippen molar-refractivity contribution < 1.29 is 14.3 Å². The zero-order chi connectivity index (χ0) is 21.4. The Morgan fingerprint density at radius 2 is 1.97 bits per heavy atom. The minimum Gasteiger partial charge on any atom is -0.497 e. The summed E-state index contributed by atoms with van der Waals surface area (Å²) in [6.07, 6.45) is 4.10. The fourth-order valence-electron chi connectivity index (χ4n) is 6.15. The Labute approximate surface area is 184 Å². The van der Waals surface area contributed by atoms with E-state index in [0.29, 0.717) is 30.3 Å². The minimum absolute atomic E-state index is 0.252. The van der Waals surface area contributed by atoms with Gasteiger partial charge < -0.3 is 19.4 Å². The number of carbonyl (C=O) groups excluding carboxylic acids is 2. The Hall–Kier alpha value is -2.28. The van der Waals surface area contributed by atoms with Crippen LogP contribution in [0.2, 0.25) is 0 Å². The number of hydrogen-bond donors (Lipinski definition) is 0. The molecule has 0 aromatic heterocycles. The van der Waals surface area contributed by atoms with Crippen LogP contribution in [-0.4, -0.2) is 92.0 Å². The predicted molar refractivity (Wildman–Crippen MR) is 119 cm³/mol. The van der Waals surface area contributed by atoms with E-state index < -0.39 is 0 Å². The monoisotopic (exact) mass is 426 g/mol. The van der Waals surface area contributed by atoms with E-state index in [0.717, 1.165) is 76.5 Å².